The summed E-state index contributed by atoms with van der Waals surface area (Å²) in [6, 6.07) is 10.1. The molecule has 3 atom stereocenters. The third-order valence-corrected chi connectivity index (χ3v) is 6.95. The van der Waals surface area contributed by atoms with Gasteiger partial charge in [-0.3, -0.25) is 24.4 Å². The lowest BCUT2D eigenvalue weighted by Crippen LogP contribution is -2.50. The lowest BCUT2D eigenvalue weighted by molar-refractivity contribution is -0.130. The second-order valence-electron chi connectivity index (χ2n) is 9.35. The molecule has 2 amide bonds. The van der Waals surface area contributed by atoms with Gasteiger partial charge in [0, 0.05) is 50.3 Å². The van der Waals surface area contributed by atoms with E-state index in [1.54, 1.807) is 24.5 Å². The molecule has 7 nitrogen and oxygen atoms in total. The van der Waals surface area contributed by atoms with Gasteiger partial charge in [0.1, 0.15) is 5.82 Å². The number of piperidine rings is 1. The summed E-state index contributed by atoms with van der Waals surface area (Å²) in [4.78, 5) is 34.9. The number of halogens is 1. The van der Waals surface area contributed by atoms with Gasteiger partial charge in [-0.15, -0.1) is 0 Å². The average molecular weight is 468 g/mol. The Hall–Kier alpha value is -2.84. The molecule has 34 heavy (non-hydrogen) atoms. The first-order valence-corrected chi connectivity index (χ1v) is 12.2. The summed E-state index contributed by atoms with van der Waals surface area (Å²) in [6.07, 6.45) is 6.28. The van der Waals surface area contributed by atoms with Gasteiger partial charge in [-0.1, -0.05) is 6.92 Å². The van der Waals surface area contributed by atoms with E-state index in [9.17, 15) is 14.0 Å². The fourth-order valence-corrected chi connectivity index (χ4v) is 5.13. The summed E-state index contributed by atoms with van der Waals surface area (Å²) in [6.45, 7) is 6.71. The van der Waals surface area contributed by atoms with Crippen molar-refractivity contribution in [3.05, 3.63) is 60.2 Å². The first-order valence-electron chi connectivity index (χ1n) is 12.2. The molecule has 1 aromatic carbocycles. The van der Waals surface area contributed by atoms with E-state index in [2.05, 4.69) is 32.3 Å². The van der Waals surface area contributed by atoms with Gasteiger partial charge in [-0.05, 0) is 74.3 Å². The zero-order valence-corrected chi connectivity index (χ0v) is 19.8. The molecule has 2 fully saturated rings. The van der Waals surface area contributed by atoms with E-state index in [1.807, 2.05) is 12.1 Å². The van der Waals surface area contributed by atoms with Crippen molar-refractivity contribution < 1.29 is 14.0 Å². The van der Waals surface area contributed by atoms with Gasteiger partial charge in [0.2, 0.25) is 11.8 Å². The van der Waals surface area contributed by atoms with Crippen LogP contribution >= 0.6 is 0 Å². The van der Waals surface area contributed by atoms with Gasteiger partial charge >= 0.3 is 0 Å². The number of carbonyl (C=O) groups excluding carboxylic acids is 2. The summed E-state index contributed by atoms with van der Waals surface area (Å²) >= 11 is 0. The van der Waals surface area contributed by atoms with E-state index >= 15 is 0 Å². The van der Waals surface area contributed by atoms with Crippen LogP contribution in [-0.4, -0.2) is 65.4 Å². The zero-order valence-electron chi connectivity index (χ0n) is 19.8. The lowest BCUT2D eigenvalue weighted by Gasteiger charge is -2.37. The summed E-state index contributed by atoms with van der Waals surface area (Å²) < 4.78 is 13.2. The van der Waals surface area contributed by atoms with Gasteiger partial charge in [-0.25, -0.2) is 4.39 Å². The largest absolute Gasteiger partial charge is 0.354 e. The Labute approximate surface area is 200 Å². The molecule has 2 N–H and O–H groups in total. The topological polar surface area (TPSA) is 77.6 Å². The minimum absolute atomic E-state index is 0.0157. The molecule has 0 bridgehead atoms. The van der Waals surface area contributed by atoms with E-state index < -0.39 is 0 Å². The van der Waals surface area contributed by atoms with Crippen LogP contribution in [0.25, 0.3) is 0 Å². The fourth-order valence-electron chi connectivity index (χ4n) is 5.13. The molecular weight excluding hydrogens is 433 g/mol. The molecule has 0 spiro atoms. The van der Waals surface area contributed by atoms with Gasteiger partial charge in [-0.2, -0.15) is 0 Å². The number of likely N-dealkylation sites (tertiary alicyclic amines) is 2. The van der Waals surface area contributed by atoms with Crippen LogP contribution in [0, 0.1) is 17.7 Å². The van der Waals surface area contributed by atoms with E-state index in [4.69, 9.17) is 0 Å². The molecule has 4 rings (SSSR count). The number of likely N-dealkylation sites (N-methyl/N-ethyl adjacent to an activating group) is 1. The van der Waals surface area contributed by atoms with E-state index in [-0.39, 0.29) is 29.5 Å². The maximum absolute atomic E-state index is 13.2. The Morgan fingerprint density at radius 2 is 1.76 bits per heavy atom. The molecule has 2 aromatic rings. The van der Waals surface area contributed by atoms with Crippen molar-refractivity contribution in [2.45, 2.75) is 38.8 Å². The molecule has 2 aliphatic heterocycles. The lowest BCUT2D eigenvalue weighted by atomic mass is 9.87. The first-order chi connectivity index (χ1) is 16.5. The highest BCUT2D eigenvalue weighted by Crippen LogP contribution is 2.26. The normalized spacial score (nSPS) is 23.5. The maximum Gasteiger partial charge on any atom is 0.228 e. The third-order valence-electron chi connectivity index (χ3n) is 6.95. The van der Waals surface area contributed by atoms with Crippen LogP contribution in [0.2, 0.25) is 0 Å². The number of nitrogens with zero attached hydrogens (tertiary/aromatic N) is 3. The number of amides is 2. The van der Waals surface area contributed by atoms with Gasteiger partial charge in [0.25, 0.3) is 0 Å². The Kier molecular flexibility index (Phi) is 8.24. The number of anilines is 1. The van der Waals surface area contributed by atoms with Crippen molar-refractivity contribution in [2.24, 2.45) is 11.8 Å². The summed E-state index contributed by atoms with van der Waals surface area (Å²) in [7, 11) is 0. The Balaban J connectivity index is 1.42. The quantitative estimate of drug-likeness (QED) is 0.624. The molecule has 2 aliphatic rings. The van der Waals surface area contributed by atoms with Gasteiger partial charge in [0.05, 0.1) is 11.8 Å². The fraction of sp³-hybridized carbons (Fsp3) is 0.500. The molecule has 2 saturated heterocycles. The smallest absolute Gasteiger partial charge is 0.228 e. The predicted octanol–water partition coefficient (Wildman–Crippen LogP) is 2.90. The number of carbonyl (C=O) groups is 2. The number of rotatable bonds is 8. The first kappa shape index (κ1) is 24.3. The van der Waals surface area contributed by atoms with Crippen molar-refractivity contribution in [1.29, 1.82) is 0 Å². The van der Waals surface area contributed by atoms with Gasteiger partial charge < -0.3 is 10.6 Å². The van der Waals surface area contributed by atoms with Crippen LogP contribution < -0.4 is 10.6 Å². The third kappa shape index (κ3) is 6.39. The van der Waals surface area contributed by atoms with E-state index in [0.717, 1.165) is 25.1 Å². The van der Waals surface area contributed by atoms with Crippen LogP contribution in [0.1, 0.15) is 31.7 Å². The van der Waals surface area contributed by atoms with Crippen LogP contribution in [0.15, 0.2) is 48.8 Å². The second-order valence-corrected chi connectivity index (χ2v) is 9.35. The highest BCUT2D eigenvalue weighted by molar-refractivity contribution is 5.93. The monoisotopic (exact) mass is 467 g/mol. The maximum atomic E-state index is 13.2. The molecule has 1 aromatic heterocycles. The van der Waals surface area contributed by atoms with Gasteiger partial charge in [0.15, 0.2) is 0 Å². The predicted molar refractivity (Wildman–Crippen MR) is 129 cm³/mol. The van der Waals surface area contributed by atoms with Crippen molar-refractivity contribution >= 4 is 17.5 Å². The van der Waals surface area contributed by atoms with Crippen molar-refractivity contribution in [3.63, 3.8) is 0 Å². The molecule has 8 heteroatoms. The van der Waals surface area contributed by atoms with Crippen LogP contribution in [-0.2, 0) is 16.1 Å². The molecule has 1 unspecified atom stereocenters. The minimum Gasteiger partial charge on any atom is -0.354 e. The minimum atomic E-state index is -0.347. The van der Waals surface area contributed by atoms with Crippen LogP contribution in [0.5, 0.6) is 0 Å². The zero-order chi connectivity index (χ0) is 23.9. The highest BCUT2D eigenvalue weighted by atomic mass is 19.1. The number of hydrogen-bond donors (Lipinski definition) is 2. The molecule has 3 heterocycles. The number of pyridine rings is 1. The van der Waals surface area contributed by atoms with Crippen molar-refractivity contribution in [1.82, 2.24) is 20.1 Å². The highest BCUT2D eigenvalue weighted by Gasteiger charge is 2.35. The van der Waals surface area contributed by atoms with Crippen molar-refractivity contribution in [2.75, 3.05) is 38.0 Å². The number of nitrogens with one attached hydrogen (secondary N) is 2. The number of aromatic nitrogens is 1. The molecule has 0 aliphatic carbocycles. The summed E-state index contributed by atoms with van der Waals surface area (Å²) in [5.74, 6) is -1.08. The SMILES string of the molecule is CCN1CCCC1CNC(=O)[C@H]1C[C@@H](C(=O)Nc2ccc(F)cc2)CN(Cc2ccncc2)C1. The standard InChI is InChI=1S/C26H34FN5O2/c1-2-32-13-3-4-24(32)15-29-25(33)20-14-21(26(34)30-23-7-5-22(27)6-8-23)18-31(17-20)16-19-9-11-28-12-10-19/h5-12,20-21,24H,2-4,13-18H2,1H3,(H,29,33)(H,30,34)/t20-,21+,24?/m0/s1. The molecule has 182 valence electrons. The van der Waals surface area contributed by atoms with Crippen molar-refractivity contribution in [3.8, 4) is 0 Å². The number of benzene rings is 1. The molecular formula is C26H34FN5O2. The van der Waals surface area contributed by atoms with Crippen LogP contribution in [0.3, 0.4) is 0 Å². The summed E-state index contributed by atoms with van der Waals surface area (Å²) in [5.41, 5.74) is 1.65. The Morgan fingerprint density at radius 1 is 1.06 bits per heavy atom. The average Bonchev–Trinajstić information content (AvgIpc) is 3.32. The molecule has 0 saturated carbocycles. The van der Waals surface area contributed by atoms with E-state index in [1.165, 1.54) is 18.6 Å². The second kappa shape index (κ2) is 11.5. The number of hydrogen-bond acceptors (Lipinski definition) is 5. The Bertz CT molecular complexity index is 955. The summed E-state index contributed by atoms with van der Waals surface area (Å²) in [5, 5.41) is 6.06. The molecule has 0 radical (unpaired) electrons. The Morgan fingerprint density at radius 3 is 2.47 bits per heavy atom. The van der Waals surface area contributed by atoms with E-state index in [0.29, 0.717) is 44.3 Å². The van der Waals surface area contributed by atoms with Crippen LogP contribution in [0.4, 0.5) is 10.1 Å².